The van der Waals surface area contributed by atoms with Gasteiger partial charge in [-0.25, -0.2) is 0 Å². The first-order chi connectivity index (χ1) is 7.13. The standard InChI is InChI=1S/C11H10O4/c1-15-11(14)4-2-3-8-5-6-9(12)7-10(8)13/h5-7,12-13H,4H2,1H3. The van der Waals surface area contributed by atoms with Crippen molar-refractivity contribution >= 4 is 5.97 Å². The molecule has 78 valence electrons. The molecule has 0 saturated carbocycles. The van der Waals surface area contributed by atoms with E-state index in [0.717, 1.165) is 0 Å². The van der Waals surface area contributed by atoms with Crippen LogP contribution < -0.4 is 0 Å². The topological polar surface area (TPSA) is 66.8 Å². The maximum Gasteiger partial charge on any atom is 0.317 e. The molecular formula is C11H10O4. The zero-order valence-corrected chi connectivity index (χ0v) is 8.15. The minimum absolute atomic E-state index is 0.0309. The third-order valence-electron chi connectivity index (χ3n) is 1.66. The van der Waals surface area contributed by atoms with E-state index in [1.807, 2.05) is 0 Å². The molecule has 0 saturated heterocycles. The van der Waals surface area contributed by atoms with Crippen LogP contribution in [0.15, 0.2) is 18.2 Å². The molecule has 0 amide bonds. The molecule has 0 unspecified atom stereocenters. The molecular weight excluding hydrogens is 196 g/mol. The number of phenolic OH excluding ortho intramolecular Hbond substituents is 2. The van der Waals surface area contributed by atoms with Crippen LogP contribution in [0.5, 0.6) is 11.5 Å². The summed E-state index contributed by atoms with van der Waals surface area (Å²) in [6.45, 7) is 0. The Hall–Kier alpha value is -2.15. The number of benzene rings is 1. The molecule has 1 aromatic carbocycles. The number of rotatable bonds is 1. The van der Waals surface area contributed by atoms with E-state index in [-0.39, 0.29) is 17.9 Å². The summed E-state index contributed by atoms with van der Waals surface area (Å²) in [5.41, 5.74) is 0.358. The van der Waals surface area contributed by atoms with Gasteiger partial charge in [0.25, 0.3) is 0 Å². The van der Waals surface area contributed by atoms with Crippen molar-refractivity contribution < 1.29 is 19.7 Å². The smallest absolute Gasteiger partial charge is 0.317 e. The highest BCUT2D eigenvalue weighted by Gasteiger charge is 1.99. The first kappa shape index (κ1) is 10.9. The summed E-state index contributed by atoms with van der Waals surface area (Å²) < 4.78 is 4.39. The first-order valence-corrected chi connectivity index (χ1v) is 4.21. The minimum atomic E-state index is -0.430. The molecule has 0 bridgehead atoms. The Kier molecular flexibility index (Phi) is 3.58. The zero-order valence-electron chi connectivity index (χ0n) is 8.15. The molecule has 1 aromatic rings. The van der Waals surface area contributed by atoms with Crippen LogP contribution in [-0.4, -0.2) is 23.3 Å². The van der Waals surface area contributed by atoms with Crippen molar-refractivity contribution in [2.75, 3.05) is 7.11 Å². The van der Waals surface area contributed by atoms with Gasteiger partial charge in [-0.05, 0) is 12.1 Å². The average Bonchev–Trinajstić information content (AvgIpc) is 2.21. The molecule has 15 heavy (non-hydrogen) atoms. The number of hydrogen-bond donors (Lipinski definition) is 2. The Bertz CT molecular complexity index is 426. The summed E-state index contributed by atoms with van der Waals surface area (Å²) in [5.74, 6) is 4.56. The maximum atomic E-state index is 10.7. The quantitative estimate of drug-likeness (QED) is 0.531. The highest BCUT2D eigenvalue weighted by molar-refractivity contribution is 5.72. The zero-order chi connectivity index (χ0) is 11.3. The van der Waals surface area contributed by atoms with Gasteiger partial charge in [0.15, 0.2) is 0 Å². The van der Waals surface area contributed by atoms with Gasteiger partial charge in [-0.1, -0.05) is 11.8 Å². The molecule has 2 N–H and O–H groups in total. The van der Waals surface area contributed by atoms with Gasteiger partial charge in [-0.2, -0.15) is 0 Å². The van der Waals surface area contributed by atoms with Gasteiger partial charge in [-0.15, -0.1) is 0 Å². The number of hydrogen-bond acceptors (Lipinski definition) is 4. The van der Waals surface area contributed by atoms with Crippen molar-refractivity contribution in [2.45, 2.75) is 6.42 Å². The van der Waals surface area contributed by atoms with Crippen molar-refractivity contribution in [3.8, 4) is 23.3 Å². The second-order valence-electron chi connectivity index (χ2n) is 2.76. The molecule has 0 spiro atoms. The Morgan fingerprint density at radius 2 is 2.20 bits per heavy atom. The van der Waals surface area contributed by atoms with Gasteiger partial charge in [0.1, 0.15) is 17.9 Å². The van der Waals surface area contributed by atoms with Crippen LogP contribution in [0.1, 0.15) is 12.0 Å². The average molecular weight is 206 g/mol. The van der Waals surface area contributed by atoms with Crippen LogP contribution in [0.25, 0.3) is 0 Å². The number of methoxy groups -OCH3 is 1. The number of ether oxygens (including phenoxy) is 1. The lowest BCUT2D eigenvalue weighted by atomic mass is 10.2. The predicted molar refractivity (Wildman–Crippen MR) is 53.3 cm³/mol. The van der Waals surface area contributed by atoms with Gasteiger partial charge in [0, 0.05) is 6.07 Å². The van der Waals surface area contributed by atoms with Crippen molar-refractivity contribution in [3.63, 3.8) is 0 Å². The monoisotopic (exact) mass is 206 g/mol. The molecule has 0 radical (unpaired) electrons. The van der Waals surface area contributed by atoms with Gasteiger partial charge < -0.3 is 14.9 Å². The van der Waals surface area contributed by atoms with E-state index in [4.69, 9.17) is 5.11 Å². The van der Waals surface area contributed by atoms with Gasteiger partial charge in [-0.3, -0.25) is 4.79 Å². The Balaban J connectivity index is 2.76. The molecule has 4 nitrogen and oxygen atoms in total. The van der Waals surface area contributed by atoms with Crippen molar-refractivity contribution in [1.29, 1.82) is 0 Å². The lowest BCUT2D eigenvalue weighted by Gasteiger charge is -1.96. The van der Waals surface area contributed by atoms with Crippen LogP contribution in [0.2, 0.25) is 0 Å². The molecule has 0 aliphatic carbocycles. The molecule has 4 heteroatoms. The Morgan fingerprint density at radius 3 is 2.80 bits per heavy atom. The summed E-state index contributed by atoms with van der Waals surface area (Å²) in [6, 6.07) is 4.05. The van der Waals surface area contributed by atoms with Crippen LogP contribution >= 0.6 is 0 Å². The second-order valence-corrected chi connectivity index (χ2v) is 2.76. The van der Waals surface area contributed by atoms with Gasteiger partial charge in [0.2, 0.25) is 0 Å². The summed E-state index contributed by atoms with van der Waals surface area (Å²) in [4.78, 5) is 10.7. The molecule has 1 rings (SSSR count). The summed E-state index contributed by atoms with van der Waals surface area (Å²) in [7, 11) is 1.28. The first-order valence-electron chi connectivity index (χ1n) is 4.21. The minimum Gasteiger partial charge on any atom is -0.508 e. The predicted octanol–water partition coefficient (Wildman–Crippen LogP) is 1.01. The second kappa shape index (κ2) is 4.91. The van der Waals surface area contributed by atoms with E-state index < -0.39 is 5.97 Å². The fourth-order valence-corrected chi connectivity index (χ4v) is 0.909. The van der Waals surface area contributed by atoms with E-state index in [1.165, 1.54) is 25.3 Å². The third-order valence-corrected chi connectivity index (χ3v) is 1.66. The van der Waals surface area contributed by atoms with E-state index in [2.05, 4.69) is 16.6 Å². The molecule has 0 aromatic heterocycles. The van der Waals surface area contributed by atoms with Crippen LogP contribution in [-0.2, 0) is 9.53 Å². The number of phenols is 2. The molecule has 0 aliphatic heterocycles. The maximum absolute atomic E-state index is 10.7. The lowest BCUT2D eigenvalue weighted by Crippen LogP contribution is -1.96. The van der Waals surface area contributed by atoms with Gasteiger partial charge in [0.05, 0.1) is 12.7 Å². The van der Waals surface area contributed by atoms with Crippen molar-refractivity contribution in [3.05, 3.63) is 23.8 Å². The normalized spacial score (nSPS) is 8.87. The highest BCUT2D eigenvalue weighted by atomic mass is 16.5. The SMILES string of the molecule is COC(=O)CC#Cc1ccc(O)cc1O. The molecule has 0 aliphatic rings. The van der Waals surface area contributed by atoms with Gasteiger partial charge >= 0.3 is 5.97 Å². The van der Waals surface area contributed by atoms with E-state index in [9.17, 15) is 9.90 Å². The number of carbonyl (C=O) groups excluding carboxylic acids is 1. The molecule has 0 atom stereocenters. The summed E-state index contributed by atoms with van der Waals surface area (Å²) >= 11 is 0. The van der Waals surface area contributed by atoms with E-state index >= 15 is 0 Å². The molecule has 0 fully saturated rings. The Morgan fingerprint density at radius 1 is 1.47 bits per heavy atom. The van der Waals surface area contributed by atoms with Crippen molar-refractivity contribution in [1.82, 2.24) is 0 Å². The number of esters is 1. The lowest BCUT2D eigenvalue weighted by molar-refractivity contribution is -0.139. The van der Waals surface area contributed by atoms with Crippen LogP contribution in [0, 0.1) is 11.8 Å². The third kappa shape index (κ3) is 3.24. The molecule has 0 heterocycles. The fourth-order valence-electron chi connectivity index (χ4n) is 0.909. The van der Waals surface area contributed by atoms with Crippen molar-refractivity contribution in [2.24, 2.45) is 0 Å². The number of carbonyl (C=O) groups is 1. The van der Waals surface area contributed by atoms with Crippen LogP contribution in [0.3, 0.4) is 0 Å². The largest absolute Gasteiger partial charge is 0.508 e. The highest BCUT2D eigenvalue weighted by Crippen LogP contribution is 2.21. The van der Waals surface area contributed by atoms with Crippen LogP contribution in [0.4, 0.5) is 0 Å². The summed E-state index contributed by atoms with van der Waals surface area (Å²) in [5, 5.41) is 18.3. The van der Waals surface area contributed by atoms with E-state index in [1.54, 1.807) is 0 Å². The number of aromatic hydroxyl groups is 2. The summed E-state index contributed by atoms with van der Waals surface area (Å²) in [6.07, 6.45) is -0.0309. The Labute approximate surface area is 87.1 Å². The fraction of sp³-hybridized carbons (Fsp3) is 0.182. The van der Waals surface area contributed by atoms with E-state index in [0.29, 0.717) is 5.56 Å².